The quantitative estimate of drug-likeness (QED) is 0.189. The van der Waals surface area contributed by atoms with Crippen LogP contribution in [0.2, 0.25) is 0 Å². The van der Waals surface area contributed by atoms with Crippen molar-refractivity contribution in [1.29, 1.82) is 0 Å². The van der Waals surface area contributed by atoms with E-state index in [0.29, 0.717) is 30.2 Å². The number of rotatable bonds is 8. The highest BCUT2D eigenvalue weighted by atomic mass is 79.9. The van der Waals surface area contributed by atoms with Gasteiger partial charge in [0.25, 0.3) is 0 Å². The van der Waals surface area contributed by atoms with Crippen LogP contribution in [-0.2, 0) is 21.4 Å². The van der Waals surface area contributed by atoms with Crippen LogP contribution in [-0.4, -0.2) is 59.5 Å². The molecule has 2 saturated carbocycles. The zero-order chi connectivity index (χ0) is 28.5. The molecule has 5 aliphatic rings. The Labute approximate surface area is 255 Å². The third-order valence-corrected chi connectivity index (χ3v) is 11.7. The van der Waals surface area contributed by atoms with Crippen molar-refractivity contribution in [1.82, 2.24) is 9.80 Å². The monoisotopic (exact) mass is 638 g/mol. The average molecular weight is 640 g/mol. The van der Waals surface area contributed by atoms with Gasteiger partial charge in [-0.25, -0.2) is 0 Å². The lowest BCUT2D eigenvalue weighted by atomic mass is 9.50. The lowest BCUT2D eigenvalue weighted by molar-refractivity contribution is -0.139. The number of piperidine rings is 1. The molecule has 1 aromatic carbocycles. The summed E-state index contributed by atoms with van der Waals surface area (Å²) in [5.41, 5.74) is 2.27. The van der Waals surface area contributed by atoms with E-state index < -0.39 is 0 Å². The highest BCUT2D eigenvalue weighted by molar-refractivity contribution is 9.10. The molecular formula is C33H39BrN2O4S. The van der Waals surface area contributed by atoms with E-state index in [9.17, 15) is 9.59 Å². The van der Waals surface area contributed by atoms with Gasteiger partial charge in [-0.15, -0.1) is 11.3 Å². The Morgan fingerprint density at radius 3 is 2.80 bits per heavy atom. The number of ether oxygens (including phenoxy) is 2. The van der Waals surface area contributed by atoms with Gasteiger partial charge in [-0.3, -0.25) is 14.5 Å². The molecule has 2 bridgehead atoms. The Morgan fingerprint density at radius 2 is 2.10 bits per heavy atom. The predicted molar refractivity (Wildman–Crippen MR) is 164 cm³/mol. The van der Waals surface area contributed by atoms with Crippen LogP contribution in [0.25, 0.3) is 6.08 Å². The molecule has 6 nitrogen and oxygen atoms in total. The normalized spacial score (nSPS) is 29.9. The number of esters is 1. The Kier molecular flexibility index (Phi) is 7.10. The Hall–Kier alpha value is -2.16. The largest absolute Gasteiger partial charge is 0.487 e. The maximum atomic E-state index is 13.9. The molecule has 1 saturated heterocycles. The van der Waals surface area contributed by atoms with E-state index >= 15 is 0 Å². The van der Waals surface area contributed by atoms with Crippen LogP contribution in [0.1, 0.15) is 68.9 Å². The topological polar surface area (TPSA) is 59.1 Å². The second-order valence-electron chi connectivity index (χ2n) is 13.2. The number of carbonyl (C=O) groups is 2. The zero-order valence-electron chi connectivity index (χ0n) is 24.1. The molecule has 2 aliphatic heterocycles. The van der Waals surface area contributed by atoms with E-state index in [4.69, 9.17) is 9.47 Å². The molecule has 1 amide bonds. The van der Waals surface area contributed by atoms with Gasteiger partial charge in [-0.2, -0.15) is 0 Å². The summed E-state index contributed by atoms with van der Waals surface area (Å²) in [5.74, 6) is 3.05. The third kappa shape index (κ3) is 4.78. The summed E-state index contributed by atoms with van der Waals surface area (Å²) in [6.45, 7) is 8.79. The fraction of sp³-hybridized carbons (Fsp3) is 0.576. The molecule has 1 spiro atoms. The van der Waals surface area contributed by atoms with E-state index in [1.165, 1.54) is 31.9 Å². The SMILES string of the molecule is CC(=O)Oc1ccc2c3c1C[C@@H]1[C@@H]4CC[C@H](N(CC(C)C)C(=O)/C=C/c5cc(Br)cs5)[C@H](O2)[C@]34CCN1CC1CC1. The fourth-order valence-electron chi connectivity index (χ4n) is 8.47. The number of benzene rings is 1. The van der Waals surface area contributed by atoms with Crippen molar-refractivity contribution in [2.24, 2.45) is 17.8 Å². The van der Waals surface area contributed by atoms with Crippen molar-refractivity contribution in [3.63, 3.8) is 0 Å². The zero-order valence-corrected chi connectivity index (χ0v) is 26.5. The van der Waals surface area contributed by atoms with Gasteiger partial charge in [0.05, 0.1) is 6.04 Å². The molecule has 3 fully saturated rings. The van der Waals surface area contributed by atoms with E-state index in [-0.39, 0.29) is 29.4 Å². The highest BCUT2D eigenvalue weighted by Crippen LogP contribution is 2.64. The van der Waals surface area contributed by atoms with Gasteiger partial charge in [-0.05, 0) is 103 Å². The van der Waals surface area contributed by atoms with E-state index in [0.717, 1.165) is 58.8 Å². The van der Waals surface area contributed by atoms with Crippen molar-refractivity contribution in [3.8, 4) is 11.5 Å². The van der Waals surface area contributed by atoms with E-state index in [1.807, 2.05) is 29.7 Å². The minimum Gasteiger partial charge on any atom is -0.487 e. The molecule has 218 valence electrons. The first kappa shape index (κ1) is 27.7. The number of amides is 1. The van der Waals surface area contributed by atoms with Crippen molar-refractivity contribution in [2.45, 2.75) is 82.9 Å². The van der Waals surface area contributed by atoms with Gasteiger partial charge in [-0.1, -0.05) is 13.8 Å². The van der Waals surface area contributed by atoms with Crippen LogP contribution >= 0.6 is 27.3 Å². The third-order valence-electron chi connectivity index (χ3n) is 10.1. The molecule has 0 unspecified atom stereocenters. The van der Waals surface area contributed by atoms with Gasteiger partial charge < -0.3 is 14.4 Å². The summed E-state index contributed by atoms with van der Waals surface area (Å²) in [6, 6.07) is 6.39. The molecule has 0 N–H and O–H groups in total. The van der Waals surface area contributed by atoms with Crippen molar-refractivity contribution >= 4 is 45.2 Å². The number of thiophene rings is 1. The molecule has 41 heavy (non-hydrogen) atoms. The lowest BCUT2D eigenvalue weighted by Gasteiger charge is -2.60. The first-order valence-corrected chi connectivity index (χ1v) is 16.9. The van der Waals surface area contributed by atoms with Gasteiger partial charge >= 0.3 is 5.97 Å². The molecule has 1 aromatic heterocycles. The van der Waals surface area contributed by atoms with E-state index in [2.05, 4.69) is 39.6 Å². The van der Waals surface area contributed by atoms with Crippen LogP contribution in [0.15, 0.2) is 34.1 Å². The number of carbonyl (C=O) groups excluding carboxylic acids is 2. The first-order valence-electron chi connectivity index (χ1n) is 15.2. The van der Waals surface area contributed by atoms with Crippen LogP contribution in [0.5, 0.6) is 11.5 Å². The Bertz CT molecular complexity index is 1400. The number of halogens is 1. The second kappa shape index (κ2) is 10.5. The molecule has 5 atom stereocenters. The molecule has 0 radical (unpaired) electrons. The summed E-state index contributed by atoms with van der Waals surface area (Å²) in [5, 5.41) is 2.04. The average Bonchev–Trinajstić information content (AvgIpc) is 3.55. The van der Waals surface area contributed by atoms with Crippen molar-refractivity contribution in [2.75, 3.05) is 19.6 Å². The fourth-order valence-corrected chi connectivity index (χ4v) is 9.81. The number of hydrogen-bond donors (Lipinski definition) is 0. The molecule has 7 rings (SSSR count). The summed E-state index contributed by atoms with van der Waals surface area (Å²) in [7, 11) is 0. The van der Waals surface area contributed by atoms with Crippen LogP contribution in [0, 0.1) is 17.8 Å². The Morgan fingerprint density at radius 1 is 1.27 bits per heavy atom. The van der Waals surface area contributed by atoms with Gasteiger partial charge in [0.2, 0.25) is 5.91 Å². The number of nitrogens with zero attached hydrogens (tertiary/aromatic N) is 2. The number of likely N-dealkylation sites (tertiary alicyclic amines) is 1. The van der Waals surface area contributed by atoms with Gasteiger partial charge in [0.15, 0.2) is 0 Å². The molecule has 3 heterocycles. The minimum absolute atomic E-state index is 0.00738. The molecule has 3 aliphatic carbocycles. The molecule has 2 aromatic rings. The maximum absolute atomic E-state index is 13.9. The predicted octanol–water partition coefficient (Wildman–Crippen LogP) is 6.45. The highest BCUT2D eigenvalue weighted by Gasteiger charge is 2.66. The maximum Gasteiger partial charge on any atom is 0.308 e. The first-order chi connectivity index (χ1) is 19.7. The summed E-state index contributed by atoms with van der Waals surface area (Å²) < 4.78 is 13.8. The van der Waals surface area contributed by atoms with Crippen molar-refractivity contribution in [3.05, 3.63) is 50.1 Å². The Balaban J connectivity index is 1.28. The van der Waals surface area contributed by atoms with Crippen molar-refractivity contribution < 1.29 is 19.1 Å². The van der Waals surface area contributed by atoms with Gasteiger partial charge in [0, 0.05) is 63.4 Å². The lowest BCUT2D eigenvalue weighted by Crippen LogP contribution is -2.69. The minimum atomic E-state index is -0.281. The van der Waals surface area contributed by atoms with Crippen LogP contribution < -0.4 is 9.47 Å². The standard InChI is InChI=1S/C33H39BrN2O4S/c1-19(2)16-36(30(38)11-6-23-14-22(34)18-41-23)26-8-7-25-27-15-24-28(39-20(3)37)9-10-29-31(24)33(25,32(26)40-29)12-13-35(27)17-21-4-5-21/h6,9-11,14,18-19,21,25-27,32H,4-5,7-8,12-13,15-17H2,1-3H3/b11-6+/t25-,26-,27+,32-,33-/m0/s1. The summed E-state index contributed by atoms with van der Waals surface area (Å²) in [4.78, 5) is 31.9. The van der Waals surface area contributed by atoms with Crippen LogP contribution in [0.4, 0.5) is 0 Å². The van der Waals surface area contributed by atoms with Crippen LogP contribution in [0.3, 0.4) is 0 Å². The van der Waals surface area contributed by atoms with E-state index in [1.54, 1.807) is 17.4 Å². The number of hydrogen-bond acceptors (Lipinski definition) is 6. The smallest absolute Gasteiger partial charge is 0.308 e. The summed E-state index contributed by atoms with van der Waals surface area (Å²) >= 11 is 5.15. The second-order valence-corrected chi connectivity index (χ2v) is 15.0. The summed E-state index contributed by atoms with van der Waals surface area (Å²) in [6.07, 6.45) is 10.2. The van der Waals surface area contributed by atoms with Gasteiger partial charge in [0.1, 0.15) is 17.6 Å². The molecular weight excluding hydrogens is 600 g/mol. The molecule has 8 heteroatoms.